The average Bonchev–Trinajstić information content (AvgIpc) is 2.64. The standard InChI is InChI=1S/C17H17ClN4O4/c18-13-6-2-1-5-12(13)17(24)21-11-16(23)20-10-9-19-14-7-3-4-8-15(14)22(25)26/h1-8,19H,9-11H2,(H,20,23)(H,21,24). The van der Waals surface area contributed by atoms with Crippen molar-refractivity contribution in [3.8, 4) is 0 Å². The van der Waals surface area contributed by atoms with Crippen LogP contribution < -0.4 is 16.0 Å². The third kappa shape index (κ3) is 5.45. The zero-order chi connectivity index (χ0) is 18.9. The molecule has 0 spiro atoms. The molecular weight excluding hydrogens is 360 g/mol. The van der Waals surface area contributed by atoms with Crippen molar-refractivity contribution in [1.82, 2.24) is 10.6 Å². The van der Waals surface area contributed by atoms with Crippen molar-refractivity contribution in [3.63, 3.8) is 0 Å². The summed E-state index contributed by atoms with van der Waals surface area (Å²) in [5.41, 5.74) is 0.629. The van der Waals surface area contributed by atoms with E-state index in [-0.39, 0.29) is 24.7 Å². The molecule has 0 aliphatic carbocycles. The first-order valence-corrected chi connectivity index (χ1v) is 8.13. The van der Waals surface area contributed by atoms with Gasteiger partial charge in [0.1, 0.15) is 5.69 Å². The predicted molar refractivity (Wildman–Crippen MR) is 98.4 cm³/mol. The Morgan fingerprint density at radius 1 is 1.00 bits per heavy atom. The highest BCUT2D eigenvalue weighted by Crippen LogP contribution is 2.22. The largest absolute Gasteiger partial charge is 0.378 e. The number of nitro benzene ring substituents is 1. The maximum absolute atomic E-state index is 11.9. The molecule has 0 saturated heterocycles. The summed E-state index contributed by atoms with van der Waals surface area (Å²) < 4.78 is 0. The van der Waals surface area contributed by atoms with Gasteiger partial charge in [0.2, 0.25) is 5.91 Å². The molecule has 8 nitrogen and oxygen atoms in total. The maximum atomic E-state index is 11.9. The smallest absolute Gasteiger partial charge is 0.292 e. The van der Waals surface area contributed by atoms with Crippen LogP contribution in [0, 0.1) is 10.1 Å². The second kappa shape index (κ2) is 9.38. The molecule has 2 amide bonds. The van der Waals surface area contributed by atoms with Gasteiger partial charge in [-0.15, -0.1) is 0 Å². The van der Waals surface area contributed by atoms with E-state index in [1.165, 1.54) is 6.07 Å². The number of carbonyl (C=O) groups is 2. The van der Waals surface area contributed by atoms with Crippen LogP contribution in [0.25, 0.3) is 0 Å². The van der Waals surface area contributed by atoms with E-state index in [0.29, 0.717) is 22.8 Å². The van der Waals surface area contributed by atoms with Crippen LogP contribution in [-0.4, -0.2) is 36.4 Å². The topological polar surface area (TPSA) is 113 Å². The maximum Gasteiger partial charge on any atom is 0.292 e. The first-order chi connectivity index (χ1) is 12.5. The number of benzene rings is 2. The van der Waals surface area contributed by atoms with Crippen LogP contribution >= 0.6 is 11.6 Å². The average molecular weight is 377 g/mol. The zero-order valence-corrected chi connectivity index (χ0v) is 14.5. The highest BCUT2D eigenvalue weighted by atomic mass is 35.5. The summed E-state index contributed by atoms with van der Waals surface area (Å²) >= 11 is 5.91. The van der Waals surface area contributed by atoms with Crippen molar-refractivity contribution in [1.29, 1.82) is 0 Å². The number of nitrogens with zero attached hydrogens (tertiary/aromatic N) is 1. The second-order valence-electron chi connectivity index (χ2n) is 5.21. The molecule has 0 aliphatic heterocycles. The molecule has 136 valence electrons. The summed E-state index contributed by atoms with van der Waals surface area (Å²) in [6.45, 7) is 0.345. The molecule has 26 heavy (non-hydrogen) atoms. The minimum Gasteiger partial charge on any atom is -0.378 e. The predicted octanol–water partition coefficient (Wildman–Crippen LogP) is 2.21. The highest BCUT2D eigenvalue weighted by Gasteiger charge is 2.12. The van der Waals surface area contributed by atoms with Crippen molar-refractivity contribution < 1.29 is 14.5 Å². The summed E-state index contributed by atoms with van der Waals surface area (Å²) in [4.78, 5) is 34.1. The Morgan fingerprint density at radius 2 is 1.69 bits per heavy atom. The van der Waals surface area contributed by atoms with Crippen LogP contribution in [-0.2, 0) is 4.79 Å². The quantitative estimate of drug-likeness (QED) is 0.371. The van der Waals surface area contributed by atoms with E-state index in [9.17, 15) is 19.7 Å². The Hall–Kier alpha value is -3.13. The van der Waals surface area contributed by atoms with Gasteiger partial charge in [-0.2, -0.15) is 0 Å². The lowest BCUT2D eigenvalue weighted by molar-refractivity contribution is -0.384. The molecule has 0 heterocycles. The number of para-hydroxylation sites is 2. The molecule has 3 N–H and O–H groups in total. The summed E-state index contributed by atoms with van der Waals surface area (Å²) in [7, 11) is 0. The zero-order valence-electron chi connectivity index (χ0n) is 13.7. The number of nitrogens with one attached hydrogen (secondary N) is 3. The summed E-state index contributed by atoms with van der Waals surface area (Å²) in [5, 5.41) is 19.2. The third-order valence-corrected chi connectivity index (χ3v) is 3.72. The number of anilines is 1. The molecule has 0 fully saturated rings. The van der Waals surface area contributed by atoms with Gasteiger partial charge in [-0.25, -0.2) is 0 Å². The third-order valence-electron chi connectivity index (χ3n) is 3.39. The van der Waals surface area contributed by atoms with E-state index in [1.807, 2.05) is 0 Å². The molecule has 0 aromatic heterocycles. The fourth-order valence-electron chi connectivity index (χ4n) is 2.15. The van der Waals surface area contributed by atoms with Crippen LogP contribution in [0.4, 0.5) is 11.4 Å². The van der Waals surface area contributed by atoms with E-state index in [4.69, 9.17) is 11.6 Å². The van der Waals surface area contributed by atoms with Crippen molar-refractivity contribution in [2.75, 3.05) is 25.0 Å². The van der Waals surface area contributed by atoms with Crippen molar-refractivity contribution in [3.05, 3.63) is 69.2 Å². The lowest BCUT2D eigenvalue weighted by Gasteiger charge is -2.09. The van der Waals surface area contributed by atoms with Gasteiger partial charge in [0.05, 0.1) is 22.1 Å². The number of amides is 2. The SMILES string of the molecule is O=C(CNC(=O)c1ccccc1Cl)NCCNc1ccccc1[N+](=O)[O-]. The van der Waals surface area contributed by atoms with E-state index >= 15 is 0 Å². The molecule has 9 heteroatoms. The van der Waals surface area contributed by atoms with Gasteiger partial charge < -0.3 is 16.0 Å². The Bertz CT molecular complexity index is 813. The van der Waals surface area contributed by atoms with Crippen LogP contribution in [0.3, 0.4) is 0 Å². The lowest BCUT2D eigenvalue weighted by Crippen LogP contribution is -2.38. The first-order valence-electron chi connectivity index (χ1n) is 7.75. The van der Waals surface area contributed by atoms with Gasteiger partial charge in [-0.05, 0) is 18.2 Å². The fourth-order valence-corrected chi connectivity index (χ4v) is 2.37. The minimum atomic E-state index is -0.481. The number of rotatable bonds is 8. The van der Waals surface area contributed by atoms with Crippen LogP contribution in [0.2, 0.25) is 5.02 Å². The summed E-state index contributed by atoms with van der Waals surface area (Å²) in [5.74, 6) is -0.821. The summed E-state index contributed by atoms with van der Waals surface area (Å²) in [6, 6.07) is 12.8. The molecule has 2 rings (SSSR count). The van der Waals surface area contributed by atoms with E-state index in [0.717, 1.165) is 0 Å². The van der Waals surface area contributed by atoms with Crippen molar-refractivity contribution in [2.24, 2.45) is 0 Å². The summed E-state index contributed by atoms with van der Waals surface area (Å²) in [6.07, 6.45) is 0. The van der Waals surface area contributed by atoms with Gasteiger partial charge in [0.15, 0.2) is 0 Å². The lowest BCUT2D eigenvalue weighted by atomic mass is 10.2. The Labute approximate surface area is 154 Å². The van der Waals surface area contributed by atoms with Crippen LogP contribution in [0.1, 0.15) is 10.4 Å². The Balaban J connectivity index is 1.72. The second-order valence-corrected chi connectivity index (χ2v) is 5.62. The molecular formula is C17H17ClN4O4. The molecule has 2 aromatic carbocycles. The number of hydrogen-bond donors (Lipinski definition) is 3. The first kappa shape index (κ1) is 19.2. The number of halogens is 1. The van der Waals surface area contributed by atoms with E-state index in [2.05, 4.69) is 16.0 Å². The minimum absolute atomic E-state index is 0.0363. The molecule has 0 radical (unpaired) electrons. The van der Waals surface area contributed by atoms with Crippen molar-refractivity contribution >= 4 is 34.8 Å². The van der Waals surface area contributed by atoms with Crippen molar-refractivity contribution in [2.45, 2.75) is 0 Å². The molecule has 0 aliphatic rings. The van der Waals surface area contributed by atoms with Gasteiger partial charge in [-0.1, -0.05) is 35.9 Å². The number of carbonyl (C=O) groups excluding carboxylic acids is 2. The number of hydrogen-bond acceptors (Lipinski definition) is 5. The van der Waals surface area contributed by atoms with Gasteiger partial charge in [0.25, 0.3) is 11.6 Å². The monoisotopic (exact) mass is 376 g/mol. The van der Waals surface area contributed by atoms with Crippen LogP contribution in [0.5, 0.6) is 0 Å². The van der Waals surface area contributed by atoms with E-state index < -0.39 is 10.8 Å². The Morgan fingerprint density at radius 3 is 2.42 bits per heavy atom. The molecule has 0 atom stereocenters. The molecule has 2 aromatic rings. The van der Waals surface area contributed by atoms with Gasteiger partial charge in [-0.3, -0.25) is 19.7 Å². The fraction of sp³-hybridized carbons (Fsp3) is 0.176. The normalized spacial score (nSPS) is 10.0. The Kier molecular flexibility index (Phi) is 6.92. The molecule has 0 saturated carbocycles. The van der Waals surface area contributed by atoms with Gasteiger partial charge >= 0.3 is 0 Å². The molecule has 0 unspecified atom stereocenters. The van der Waals surface area contributed by atoms with E-state index in [1.54, 1.807) is 42.5 Å². The number of nitro groups is 1. The molecule has 0 bridgehead atoms. The van der Waals surface area contributed by atoms with Gasteiger partial charge in [0, 0.05) is 19.2 Å². The van der Waals surface area contributed by atoms with Crippen LogP contribution in [0.15, 0.2) is 48.5 Å². The highest BCUT2D eigenvalue weighted by molar-refractivity contribution is 6.33.